The third-order valence-corrected chi connectivity index (χ3v) is 8.79. The lowest BCUT2D eigenvalue weighted by Crippen LogP contribution is -2.41. The van der Waals surface area contributed by atoms with Gasteiger partial charge < -0.3 is 16.0 Å². The zero-order chi connectivity index (χ0) is 26.6. The number of thiazole rings is 1. The van der Waals surface area contributed by atoms with Crippen LogP contribution in [0.3, 0.4) is 0 Å². The molecule has 1 aromatic heterocycles. The fraction of sp³-hybridized carbons (Fsp3) is 0.583. The van der Waals surface area contributed by atoms with E-state index in [-0.39, 0.29) is 46.9 Å². The van der Waals surface area contributed by atoms with E-state index in [1.165, 1.54) is 12.1 Å². The summed E-state index contributed by atoms with van der Waals surface area (Å²) in [4.78, 5) is 19.0. The van der Waals surface area contributed by atoms with E-state index in [0.717, 1.165) is 11.3 Å². The summed E-state index contributed by atoms with van der Waals surface area (Å²) in [7, 11) is 0.419. The van der Waals surface area contributed by atoms with Crippen molar-refractivity contribution in [2.24, 2.45) is 5.92 Å². The number of ketones is 1. The zero-order valence-corrected chi connectivity index (χ0v) is 24.0. The first-order valence-corrected chi connectivity index (χ1v) is 14.5. The van der Waals surface area contributed by atoms with Crippen LogP contribution in [0.4, 0.5) is 19.7 Å². The molecule has 0 atom stereocenters. The van der Waals surface area contributed by atoms with Crippen LogP contribution in [-0.4, -0.2) is 62.6 Å². The van der Waals surface area contributed by atoms with Crippen molar-refractivity contribution in [1.82, 2.24) is 14.6 Å². The van der Waals surface area contributed by atoms with Crippen LogP contribution in [0.15, 0.2) is 12.1 Å². The fourth-order valence-electron chi connectivity index (χ4n) is 4.28. The third-order valence-electron chi connectivity index (χ3n) is 5.99. The van der Waals surface area contributed by atoms with Crippen LogP contribution in [0.25, 0.3) is 0 Å². The van der Waals surface area contributed by atoms with Gasteiger partial charge in [-0.05, 0) is 69.8 Å². The van der Waals surface area contributed by atoms with Crippen molar-refractivity contribution in [3.8, 4) is 0 Å². The second kappa shape index (κ2) is 13.3. The number of nitrogens with two attached hydrogens (primary N) is 1. The van der Waals surface area contributed by atoms with Gasteiger partial charge in [-0.25, -0.2) is 26.9 Å². The molecular weight excluding hydrogens is 544 g/mol. The first kappa shape index (κ1) is 31.4. The number of hydrogen-bond donors (Lipinski definition) is 3. The molecule has 0 saturated heterocycles. The summed E-state index contributed by atoms with van der Waals surface area (Å²) < 4.78 is 56.6. The van der Waals surface area contributed by atoms with E-state index in [4.69, 9.17) is 5.73 Å². The van der Waals surface area contributed by atoms with E-state index in [9.17, 15) is 22.0 Å². The van der Waals surface area contributed by atoms with Gasteiger partial charge in [-0.2, -0.15) is 0 Å². The molecule has 0 aliphatic heterocycles. The summed E-state index contributed by atoms with van der Waals surface area (Å²) >= 11 is 0.961. The van der Waals surface area contributed by atoms with E-state index < -0.39 is 33.0 Å². The molecule has 1 aliphatic rings. The van der Waals surface area contributed by atoms with E-state index in [0.29, 0.717) is 49.3 Å². The first-order valence-electron chi connectivity index (χ1n) is 12.0. The maximum atomic E-state index is 14.7. The van der Waals surface area contributed by atoms with Crippen molar-refractivity contribution in [2.75, 3.05) is 37.4 Å². The Morgan fingerprint density at radius 2 is 1.73 bits per heavy atom. The Labute approximate surface area is 227 Å². The Bertz CT molecular complexity index is 1160. The highest BCUT2D eigenvalue weighted by atomic mass is 35.5. The molecule has 0 radical (unpaired) electrons. The molecule has 3 rings (SSSR count). The number of carbonyl (C=O) groups is 1. The molecule has 1 fully saturated rings. The fourth-order valence-corrected chi connectivity index (χ4v) is 6.91. The Kier molecular flexibility index (Phi) is 11.3. The molecule has 8 nitrogen and oxygen atoms in total. The van der Waals surface area contributed by atoms with E-state index >= 15 is 0 Å². The number of nitrogens with one attached hydrogen (secondary N) is 2. The molecule has 1 saturated carbocycles. The quantitative estimate of drug-likeness (QED) is 0.344. The zero-order valence-electron chi connectivity index (χ0n) is 21.5. The highest BCUT2D eigenvalue weighted by Gasteiger charge is 2.28. The number of halogens is 3. The highest BCUT2D eigenvalue weighted by Crippen LogP contribution is 2.32. The van der Waals surface area contributed by atoms with Crippen LogP contribution in [0.2, 0.25) is 0 Å². The topological polar surface area (TPSA) is 117 Å². The summed E-state index contributed by atoms with van der Waals surface area (Å²) in [6.45, 7) is 4.35. The summed E-state index contributed by atoms with van der Waals surface area (Å²) in [5.41, 5.74) is 5.77. The third kappa shape index (κ3) is 8.85. The van der Waals surface area contributed by atoms with Crippen LogP contribution in [0, 0.1) is 17.6 Å². The number of anilines is 2. The molecule has 4 N–H and O–H groups in total. The first-order chi connectivity index (χ1) is 16.8. The Balaban J connectivity index is 0.00000481. The lowest BCUT2D eigenvalue weighted by Gasteiger charge is -2.29. The molecule has 0 spiro atoms. The Hall–Kier alpha value is -1.86. The largest absolute Gasteiger partial charge is 0.382 e. The van der Waals surface area contributed by atoms with E-state index in [2.05, 4.69) is 15.0 Å². The van der Waals surface area contributed by atoms with E-state index in [1.807, 2.05) is 32.8 Å². The van der Waals surface area contributed by atoms with Gasteiger partial charge in [0, 0.05) is 18.6 Å². The lowest BCUT2D eigenvalue weighted by molar-refractivity contribution is 0.103. The number of likely N-dealkylation sites (N-methyl/N-ethyl adjacent to an activating group) is 1. The van der Waals surface area contributed by atoms with Gasteiger partial charge in [0.1, 0.15) is 22.3 Å². The number of nitrogens with zero attached hydrogens (tertiary/aromatic N) is 2. The number of nitrogen functional groups attached to an aromatic ring is 1. The maximum absolute atomic E-state index is 14.7. The van der Waals surface area contributed by atoms with E-state index in [1.54, 1.807) is 0 Å². The molecule has 2 aromatic rings. The van der Waals surface area contributed by atoms with Crippen LogP contribution in [0.1, 0.15) is 60.3 Å². The van der Waals surface area contributed by atoms with Gasteiger partial charge in [-0.3, -0.25) is 4.79 Å². The normalized spacial score (nSPS) is 18.2. The highest BCUT2D eigenvalue weighted by molar-refractivity contribution is 7.89. The minimum atomic E-state index is -3.31. The van der Waals surface area contributed by atoms with Gasteiger partial charge in [-0.15, -0.1) is 12.4 Å². The molecule has 0 bridgehead atoms. The number of benzene rings is 1. The lowest BCUT2D eigenvalue weighted by atomic mass is 9.92. The molecule has 208 valence electrons. The Morgan fingerprint density at radius 3 is 2.27 bits per heavy atom. The predicted octanol–water partition coefficient (Wildman–Crippen LogP) is 4.06. The molecule has 1 aromatic carbocycles. The number of hydrogen-bond acceptors (Lipinski definition) is 8. The van der Waals surface area contributed by atoms with Gasteiger partial charge in [0.05, 0.1) is 11.3 Å². The van der Waals surface area contributed by atoms with Crippen LogP contribution in [0.5, 0.6) is 0 Å². The average molecular weight is 580 g/mol. The second-order valence-electron chi connectivity index (χ2n) is 10.0. The molecule has 1 heterocycles. The van der Waals surface area contributed by atoms with Gasteiger partial charge in [-0.1, -0.05) is 25.2 Å². The monoisotopic (exact) mass is 579 g/mol. The predicted molar refractivity (Wildman–Crippen MR) is 147 cm³/mol. The molecular formula is C24H36ClF2N5O3S2. The summed E-state index contributed by atoms with van der Waals surface area (Å²) in [5, 5.41) is 3.63. The summed E-state index contributed by atoms with van der Waals surface area (Å²) in [5.74, 6) is -2.62. The Morgan fingerprint density at radius 1 is 1.16 bits per heavy atom. The van der Waals surface area contributed by atoms with Crippen LogP contribution in [-0.2, 0) is 16.4 Å². The minimum absolute atomic E-state index is 0. The minimum Gasteiger partial charge on any atom is -0.382 e. The van der Waals surface area contributed by atoms with Gasteiger partial charge in [0.15, 0.2) is 5.13 Å². The molecule has 0 unspecified atom stereocenters. The molecule has 37 heavy (non-hydrogen) atoms. The van der Waals surface area contributed by atoms with Crippen LogP contribution >= 0.6 is 23.7 Å². The van der Waals surface area contributed by atoms with Crippen molar-refractivity contribution < 1.29 is 22.0 Å². The standard InChI is InChI=1S/C24H35F2N5O3S2.ClH/c1-14(2)13-36(33,34)30-17-7-5-16(6-8-17)28-24-29-23(27)22(35-24)21(32)20-18(25)11-15(12-19(20)26)9-10-31(3)4;/h11-12,14,16-17,30H,5-10,13,27H2,1-4H3,(H,28,29);1H. The number of rotatable bonds is 11. The average Bonchev–Trinajstić information content (AvgIpc) is 3.12. The van der Waals surface area contributed by atoms with Crippen molar-refractivity contribution in [2.45, 2.75) is 58.0 Å². The van der Waals surface area contributed by atoms with Crippen molar-refractivity contribution in [3.63, 3.8) is 0 Å². The van der Waals surface area contributed by atoms with Crippen molar-refractivity contribution in [1.29, 1.82) is 0 Å². The molecule has 13 heteroatoms. The molecule has 1 aliphatic carbocycles. The summed E-state index contributed by atoms with van der Waals surface area (Å²) in [6, 6.07) is 2.28. The molecule has 0 amide bonds. The smallest absolute Gasteiger partial charge is 0.212 e. The maximum Gasteiger partial charge on any atom is 0.212 e. The van der Waals surface area contributed by atoms with Crippen molar-refractivity contribution >= 4 is 50.5 Å². The number of sulfonamides is 1. The van der Waals surface area contributed by atoms with Gasteiger partial charge >= 0.3 is 0 Å². The van der Waals surface area contributed by atoms with Gasteiger partial charge in [0.2, 0.25) is 15.8 Å². The van der Waals surface area contributed by atoms with Gasteiger partial charge in [0.25, 0.3) is 0 Å². The van der Waals surface area contributed by atoms with Crippen LogP contribution < -0.4 is 15.8 Å². The summed E-state index contributed by atoms with van der Waals surface area (Å²) in [6.07, 6.45) is 3.19. The number of carbonyl (C=O) groups excluding carboxylic acids is 1. The number of aromatic nitrogens is 1. The SMILES string of the molecule is CC(C)CS(=O)(=O)NC1CCC(Nc2nc(N)c(C(=O)c3c(F)cc(CCN(C)C)cc3F)s2)CC1.Cl. The van der Waals surface area contributed by atoms with Crippen molar-refractivity contribution in [3.05, 3.63) is 39.8 Å². The second-order valence-corrected chi connectivity index (χ2v) is 12.8.